The van der Waals surface area contributed by atoms with Crippen molar-refractivity contribution in [3.63, 3.8) is 0 Å². The summed E-state index contributed by atoms with van der Waals surface area (Å²) in [5, 5.41) is 3.42. The lowest BCUT2D eigenvalue weighted by Crippen LogP contribution is -2.45. The first-order valence-electron chi connectivity index (χ1n) is 5.03. The monoisotopic (exact) mass is 349 g/mol. The van der Waals surface area contributed by atoms with E-state index >= 15 is 0 Å². The number of methoxy groups -OCH3 is 1. The van der Waals surface area contributed by atoms with Crippen molar-refractivity contribution in [2.75, 3.05) is 20.3 Å². The van der Waals surface area contributed by atoms with Crippen molar-refractivity contribution in [2.24, 2.45) is 0 Å². The van der Waals surface area contributed by atoms with E-state index < -0.39 is 0 Å². The van der Waals surface area contributed by atoms with Gasteiger partial charge in [0.2, 0.25) is 0 Å². The van der Waals surface area contributed by atoms with E-state index in [2.05, 4.69) is 43.2 Å². The molecule has 0 unspecified atom stereocenters. The van der Waals surface area contributed by atoms with Crippen LogP contribution in [0.3, 0.4) is 0 Å². The molecule has 0 radical (unpaired) electrons. The van der Waals surface area contributed by atoms with Crippen LogP contribution in [0.5, 0.6) is 5.75 Å². The first-order valence-corrected chi connectivity index (χ1v) is 6.62. The number of ether oxygens (including phenoxy) is 2. The van der Waals surface area contributed by atoms with Crippen LogP contribution in [0.25, 0.3) is 0 Å². The smallest absolute Gasteiger partial charge is 0.137 e. The van der Waals surface area contributed by atoms with Crippen molar-refractivity contribution >= 4 is 31.9 Å². The second-order valence-electron chi connectivity index (χ2n) is 3.70. The van der Waals surface area contributed by atoms with Gasteiger partial charge in [0, 0.05) is 16.6 Å². The van der Waals surface area contributed by atoms with Gasteiger partial charge >= 0.3 is 0 Å². The molecule has 1 aliphatic heterocycles. The molecule has 0 spiro atoms. The van der Waals surface area contributed by atoms with Gasteiger partial charge in [0.05, 0.1) is 30.8 Å². The molecule has 1 aromatic rings. The molecule has 0 aliphatic carbocycles. The fourth-order valence-corrected chi connectivity index (χ4v) is 3.06. The van der Waals surface area contributed by atoms with Gasteiger partial charge in [0.1, 0.15) is 5.75 Å². The summed E-state index contributed by atoms with van der Waals surface area (Å²) in [5.74, 6) is 0.885. The number of nitrogens with one attached hydrogen (secondary N) is 1. The van der Waals surface area contributed by atoms with Crippen LogP contribution in [0.2, 0.25) is 0 Å². The highest BCUT2D eigenvalue weighted by molar-refractivity contribution is 9.11. The van der Waals surface area contributed by atoms with Crippen LogP contribution in [0, 0.1) is 0 Å². The maximum atomic E-state index is 5.38. The Bertz CT molecular complexity index is 380. The molecule has 0 amide bonds. The minimum Gasteiger partial charge on any atom is -0.495 e. The molecule has 1 heterocycles. The topological polar surface area (TPSA) is 30.5 Å². The molecule has 5 heteroatoms. The summed E-state index contributed by atoms with van der Waals surface area (Å²) in [4.78, 5) is 0. The van der Waals surface area contributed by atoms with Crippen LogP contribution >= 0.6 is 31.9 Å². The molecular weight excluding hydrogens is 338 g/mol. The van der Waals surface area contributed by atoms with E-state index in [-0.39, 0.29) is 0 Å². The van der Waals surface area contributed by atoms with Gasteiger partial charge in [-0.2, -0.15) is 0 Å². The average molecular weight is 351 g/mol. The molecule has 16 heavy (non-hydrogen) atoms. The lowest BCUT2D eigenvalue weighted by Gasteiger charge is -2.27. The number of benzene rings is 1. The maximum Gasteiger partial charge on any atom is 0.137 e. The minimum absolute atomic E-state index is 0.475. The molecule has 1 aliphatic rings. The fraction of sp³-hybridized carbons (Fsp3) is 0.455. The highest BCUT2D eigenvalue weighted by atomic mass is 79.9. The van der Waals surface area contributed by atoms with Crippen LogP contribution in [-0.4, -0.2) is 26.4 Å². The molecule has 0 bridgehead atoms. The van der Waals surface area contributed by atoms with E-state index in [9.17, 15) is 0 Å². The molecule has 1 saturated heterocycles. The second kappa shape index (κ2) is 5.49. The summed E-state index contributed by atoms with van der Waals surface area (Å²) in [7, 11) is 1.68. The summed E-state index contributed by atoms with van der Waals surface area (Å²) in [5.41, 5.74) is 1.13. The molecule has 0 aromatic heterocycles. The zero-order valence-electron chi connectivity index (χ0n) is 8.93. The Morgan fingerprint density at radius 2 is 2.19 bits per heavy atom. The average Bonchev–Trinajstić information content (AvgIpc) is 2.14. The summed E-state index contributed by atoms with van der Waals surface area (Å²) < 4.78 is 12.5. The number of rotatable bonds is 4. The number of hydrogen-bond acceptors (Lipinski definition) is 3. The molecular formula is C11H13Br2NO2. The van der Waals surface area contributed by atoms with E-state index in [1.165, 1.54) is 0 Å². The van der Waals surface area contributed by atoms with Gasteiger partial charge in [-0.1, -0.05) is 15.9 Å². The largest absolute Gasteiger partial charge is 0.495 e. The zero-order valence-corrected chi connectivity index (χ0v) is 12.1. The number of halogens is 2. The maximum absolute atomic E-state index is 5.38. The van der Waals surface area contributed by atoms with E-state index in [1.54, 1.807) is 7.11 Å². The number of hydrogen-bond donors (Lipinski definition) is 1. The fourth-order valence-electron chi connectivity index (χ4n) is 1.58. The van der Waals surface area contributed by atoms with Crippen LogP contribution in [-0.2, 0) is 11.3 Å². The van der Waals surface area contributed by atoms with Gasteiger partial charge in [0.25, 0.3) is 0 Å². The van der Waals surface area contributed by atoms with E-state index in [0.717, 1.165) is 40.0 Å². The van der Waals surface area contributed by atoms with Crippen LogP contribution in [0.4, 0.5) is 0 Å². The lowest BCUT2D eigenvalue weighted by molar-refractivity contribution is -0.00585. The van der Waals surface area contributed by atoms with Gasteiger partial charge < -0.3 is 14.8 Å². The van der Waals surface area contributed by atoms with Crippen LogP contribution in [0.15, 0.2) is 21.1 Å². The van der Waals surface area contributed by atoms with E-state index in [0.29, 0.717) is 6.04 Å². The summed E-state index contributed by atoms with van der Waals surface area (Å²) in [6, 6.07) is 4.52. The molecule has 1 N–H and O–H groups in total. The molecule has 0 saturated carbocycles. The molecule has 0 atom stereocenters. The van der Waals surface area contributed by atoms with Crippen molar-refractivity contribution in [1.29, 1.82) is 0 Å². The van der Waals surface area contributed by atoms with Crippen molar-refractivity contribution in [2.45, 2.75) is 12.6 Å². The predicted molar refractivity (Wildman–Crippen MR) is 69.8 cm³/mol. The van der Waals surface area contributed by atoms with Crippen molar-refractivity contribution < 1.29 is 9.47 Å². The van der Waals surface area contributed by atoms with E-state index in [1.807, 2.05) is 6.07 Å². The molecule has 1 fully saturated rings. The van der Waals surface area contributed by atoms with Crippen LogP contribution in [0.1, 0.15) is 5.56 Å². The SMILES string of the molecule is COc1c(Br)cc(Br)cc1CNC1COC1. The third-order valence-electron chi connectivity index (χ3n) is 2.51. The van der Waals surface area contributed by atoms with Crippen molar-refractivity contribution in [3.05, 3.63) is 26.6 Å². The van der Waals surface area contributed by atoms with Gasteiger partial charge in [0.15, 0.2) is 0 Å². The first kappa shape index (κ1) is 12.4. The Balaban J connectivity index is 2.10. The Morgan fingerprint density at radius 3 is 2.75 bits per heavy atom. The second-order valence-corrected chi connectivity index (χ2v) is 5.47. The highest BCUT2D eigenvalue weighted by Gasteiger charge is 2.18. The Hall–Kier alpha value is -0.100. The lowest BCUT2D eigenvalue weighted by atomic mass is 10.1. The van der Waals surface area contributed by atoms with Gasteiger partial charge in [-0.3, -0.25) is 0 Å². The Labute approximate surface area is 112 Å². The molecule has 1 aromatic carbocycles. The molecule has 3 nitrogen and oxygen atoms in total. The van der Waals surface area contributed by atoms with Crippen LogP contribution < -0.4 is 10.1 Å². The van der Waals surface area contributed by atoms with Gasteiger partial charge in [-0.15, -0.1) is 0 Å². The zero-order chi connectivity index (χ0) is 11.5. The minimum atomic E-state index is 0.475. The van der Waals surface area contributed by atoms with Gasteiger partial charge in [-0.05, 0) is 28.1 Å². The van der Waals surface area contributed by atoms with Gasteiger partial charge in [-0.25, -0.2) is 0 Å². The normalized spacial score (nSPS) is 15.9. The third kappa shape index (κ3) is 2.77. The summed E-state index contributed by atoms with van der Waals surface area (Å²) in [6.07, 6.45) is 0. The summed E-state index contributed by atoms with van der Waals surface area (Å²) in [6.45, 7) is 2.39. The Morgan fingerprint density at radius 1 is 1.44 bits per heavy atom. The molecule has 88 valence electrons. The standard InChI is InChI=1S/C11H13Br2NO2/c1-15-11-7(2-8(12)3-10(11)13)4-14-9-5-16-6-9/h2-3,9,14H,4-6H2,1H3. The third-order valence-corrected chi connectivity index (χ3v) is 3.56. The van der Waals surface area contributed by atoms with E-state index in [4.69, 9.17) is 9.47 Å². The highest BCUT2D eigenvalue weighted by Crippen LogP contribution is 2.32. The molecule has 2 rings (SSSR count). The quantitative estimate of drug-likeness (QED) is 0.905. The Kier molecular flexibility index (Phi) is 4.24. The van der Waals surface area contributed by atoms with Crippen molar-refractivity contribution in [3.8, 4) is 5.75 Å². The summed E-state index contributed by atoms with van der Waals surface area (Å²) >= 11 is 6.97. The predicted octanol–water partition coefficient (Wildman–Crippen LogP) is 2.71. The van der Waals surface area contributed by atoms with Crippen molar-refractivity contribution in [1.82, 2.24) is 5.32 Å². The first-order chi connectivity index (χ1) is 7.70.